The standard InChI is InChI=1S/C12H11ClO4/c1-8(14)17-12-9(6-7-11(13)15)4-3-5-10(12)16-2/h3-7H,1-2H3. The maximum Gasteiger partial charge on any atom is 0.308 e. The first-order chi connectivity index (χ1) is 8.04. The van der Waals surface area contributed by atoms with Gasteiger partial charge in [-0.1, -0.05) is 12.1 Å². The zero-order valence-corrected chi connectivity index (χ0v) is 10.2. The lowest BCUT2D eigenvalue weighted by Gasteiger charge is -2.10. The lowest BCUT2D eigenvalue weighted by atomic mass is 10.1. The van der Waals surface area contributed by atoms with Crippen molar-refractivity contribution in [3.63, 3.8) is 0 Å². The highest BCUT2D eigenvalue weighted by atomic mass is 35.5. The van der Waals surface area contributed by atoms with Crippen molar-refractivity contribution in [1.29, 1.82) is 0 Å². The van der Waals surface area contributed by atoms with Gasteiger partial charge in [-0.05, 0) is 29.8 Å². The molecule has 0 aromatic heterocycles. The van der Waals surface area contributed by atoms with Crippen LogP contribution in [0.3, 0.4) is 0 Å². The summed E-state index contributed by atoms with van der Waals surface area (Å²) in [7, 11) is 1.46. The first-order valence-electron chi connectivity index (χ1n) is 4.77. The fourth-order valence-corrected chi connectivity index (χ4v) is 1.30. The molecule has 0 N–H and O–H groups in total. The van der Waals surface area contributed by atoms with Crippen LogP contribution in [0.5, 0.6) is 11.5 Å². The van der Waals surface area contributed by atoms with Crippen LogP contribution in [0.2, 0.25) is 0 Å². The Morgan fingerprint density at radius 1 is 1.35 bits per heavy atom. The summed E-state index contributed by atoms with van der Waals surface area (Å²) in [5.74, 6) is 0.197. The normalized spacial score (nSPS) is 10.3. The monoisotopic (exact) mass is 254 g/mol. The maximum absolute atomic E-state index is 11.0. The van der Waals surface area contributed by atoms with Gasteiger partial charge in [-0.2, -0.15) is 0 Å². The number of benzene rings is 1. The smallest absolute Gasteiger partial charge is 0.308 e. The van der Waals surface area contributed by atoms with Crippen LogP contribution >= 0.6 is 11.6 Å². The van der Waals surface area contributed by atoms with Crippen LogP contribution in [0.4, 0.5) is 0 Å². The molecule has 0 saturated carbocycles. The van der Waals surface area contributed by atoms with Gasteiger partial charge in [0.1, 0.15) is 0 Å². The van der Waals surface area contributed by atoms with Crippen LogP contribution in [-0.2, 0) is 9.59 Å². The average molecular weight is 255 g/mol. The molecule has 0 radical (unpaired) electrons. The Bertz CT molecular complexity index is 466. The highest BCUT2D eigenvalue weighted by molar-refractivity contribution is 6.66. The third kappa shape index (κ3) is 3.92. The molecule has 0 unspecified atom stereocenters. The quantitative estimate of drug-likeness (QED) is 0.358. The van der Waals surface area contributed by atoms with E-state index in [0.717, 1.165) is 0 Å². The summed E-state index contributed by atoms with van der Waals surface area (Å²) in [4.78, 5) is 21.6. The molecular weight excluding hydrogens is 244 g/mol. The van der Waals surface area contributed by atoms with E-state index in [1.807, 2.05) is 0 Å². The third-order valence-corrected chi connectivity index (χ3v) is 1.99. The van der Waals surface area contributed by atoms with E-state index in [1.54, 1.807) is 18.2 Å². The Morgan fingerprint density at radius 2 is 2.06 bits per heavy atom. The van der Waals surface area contributed by atoms with E-state index in [9.17, 15) is 9.59 Å². The highest BCUT2D eigenvalue weighted by Gasteiger charge is 2.10. The summed E-state index contributed by atoms with van der Waals surface area (Å²) < 4.78 is 10.1. The highest BCUT2D eigenvalue weighted by Crippen LogP contribution is 2.32. The van der Waals surface area contributed by atoms with Crippen molar-refractivity contribution in [3.8, 4) is 11.5 Å². The second-order valence-corrected chi connectivity index (χ2v) is 3.48. The predicted octanol–water partition coefficient (Wildman–Crippen LogP) is 2.40. The molecule has 0 fully saturated rings. The summed E-state index contributed by atoms with van der Waals surface area (Å²) >= 11 is 5.19. The van der Waals surface area contributed by atoms with Gasteiger partial charge < -0.3 is 9.47 Å². The Hall–Kier alpha value is -1.81. The van der Waals surface area contributed by atoms with Crippen molar-refractivity contribution in [2.24, 2.45) is 0 Å². The van der Waals surface area contributed by atoms with Crippen LogP contribution < -0.4 is 9.47 Å². The van der Waals surface area contributed by atoms with Gasteiger partial charge in [0, 0.05) is 12.5 Å². The molecule has 0 heterocycles. The molecule has 5 heteroatoms. The van der Waals surface area contributed by atoms with Crippen LogP contribution in [0, 0.1) is 0 Å². The van der Waals surface area contributed by atoms with Gasteiger partial charge in [-0.3, -0.25) is 9.59 Å². The first-order valence-corrected chi connectivity index (χ1v) is 5.15. The van der Waals surface area contributed by atoms with E-state index < -0.39 is 11.2 Å². The van der Waals surface area contributed by atoms with Crippen LogP contribution in [0.15, 0.2) is 24.3 Å². The van der Waals surface area contributed by atoms with E-state index >= 15 is 0 Å². The van der Waals surface area contributed by atoms with Crippen molar-refractivity contribution < 1.29 is 19.1 Å². The van der Waals surface area contributed by atoms with Gasteiger partial charge in [0.25, 0.3) is 0 Å². The molecule has 1 aromatic rings. The Labute approximate surface area is 104 Å². The van der Waals surface area contributed by atoms with Crippen molar-refractivity contribution in [2.45, 2.75) is 6.92 Å². The van der Waals surface area contributed by atoms with Gasteiger partial charge in [-0.25, -0.2) is 0 Å². The van der Waals surface area contributed by atoms with Crippen molar-refractivity contribution >= 4 is 28.9 Å². The fraction of sp³-hybridized carbons (Fsp3) is 0.167. The summed E-state index contributed by atoms with van der Waals surface area (Å²) in [6, 6.07) is 5.04. The molecule has 17 heavy (non-hydrogen) atoms. The number of methoxy groups -OCH3 is 1. The molecule has 0 aliphatic rings. The van der Waals surface area contributed by atoms with Crippen LogP contribution in [0.25, 0.3) is 6.08 Å². The molecule has 1 rings (SSSR count). The number of rotatable bonds is 4. The summed E-state index contributed by atoms with van der Waals surface area (Å²) in [6.07, 6.45) is 2.62. The van der Waals surface area contributed by atoms with Gasteiger partial charge >= 0.3 is 5.97 Å². The van der Waals surface area contributed by atoms with E-state index in [2.05, 4.69) is 0 Å². The number of carbonyl (C=O) groups excluding carboxylic acids is 2. The van der Waals surface area contributed by atoms with E-state index in [1.165, 1.54) is 26.2 Å². The third-order valence-electron chi connectivity index (χ3n) is 1.87. The molecule has 0 aliphatic carbocycles. The summed E-state index contributed by atoms with van der Waals surface area (Å²) in [5, 5.41) is -0.610. The molecule has 0 atom stereocenters. The van der Waals surface area contributed by atoms with Gasteiger partial charge in [0.15, 0.2) is 11.5 Å². The molecule has 0 saturated heterocycles. The minimum absolute atomic E-state index is 0.261. The van der Waals surface area contributed by atoms with Gasteiger partial charge in [-0.15, -0.1) is 0 Å². The topological polar surface area (TPSA) is 52.6 Å². The second-order valence-electron chi connectivity index (χ2n) is 3.11. The summed E-state index contributed by atoms with van der Waals surface area (Å²) in [5.41, 5.74) is 0.536. The zero-order valence-electron chi connectivity index (χ0n) is 9.40. The second kappa shape index (κ2) is 6.06. The molecule has 0 amide bonds. The van der Waals surface area contributed by atoms with Gasteiger partial charge in [0.05, 0.1) is 7.11 Å². The molecular formula is C12H11ClO4. The van der Waals surface area contributed by atoms with Crippen LogP contribution in [-0.4, -0.2) is 18.3 Å². The minimum atomic E-state index is -0.610. The molecule has 4 nitrogen and oxygen atoms in total. The number of halogens is 1. The lowest BCUT2D eigenvalue weighted by molar-refractivity contribution is -0.132. The number of hydrogen-bond acceptors (Lipinski definition) is 4. The molecule has 0 spiro atoms. The lowest BCUT2D eigenvalue weighted by Crippen LogP contribution is -2.04. The van der Waals surface area contributed by atoms with E-state index in [4.69, 9.17) is 21.1 Å². The fourth-order valence-electron chi connectivity index (χ4n) is 1.23. The minimum Gasteiger partial charge on any atom is -0.493 e. The predicted molar refractivity (Wildman–Crippen MR) is 64.2 cm³/mol. The first kappa shape index (κ1) is 13.3. The van der Waals surface area contributed by atoms with Gasteiger partial charge in [0.2, 0.25) is 5.24 Å². The Morgan fingerprint density at radius 3 is 2.59 bits per heavy atom. The number of allylic oxidation sites excluding steroid dienone is 1. The molecule has 0 aliphatic heterocycles. The average Bonchev–Trinajstić information content (AvgIpc) is 2.26. The Balaban J connectivity index is 3.18. The number of hydrogen-bond donors (Lipinski definition) is 0. The van der Waals surface area contributed by atoms with Crippen LogP contribution in [0.1, 0.15) is 12.5 Å². The Kier molecular flexibility index (Phi) is 4.72. The largest absolute Gasteiger partial charge is 0.493 e. The number of para-hydroxylation sites is 1. The number of ether oxygens (including phenoxy) is 2. The van der Waals surface area contributed by atoms with E-state index in [0.29, 0.717) is 11.3 Å². The SMILES string of the molecule is COc1cccc(C=CC(=O)Cl)c1OC(C)=O. The van der Waals surface area contributed by atoms with Crippen molar-refractivity contribution in [1.82, 2.24) is 0 Å². The van der Waals surface area contributed by atoms with Crippen molar-refractivity contribution in [2.75, 3.05) is 7.11 Å². The molecule has 1 aromatic carbocycles. The van der Waals surface area contributed by atoms with Crippen molar-refractivity contribution in [3.05, 3.63) is 29.8 Å². The number of esters is 1. The molecule has 90 valence electrons. The maximum atomic E-state index is 11.0. The van der Waals surface area contributed by atoms with E-state index in [-0.39, 0.29) is 5.75 Å². The molecule has 0 bridgehead atoms. The number of carbonyl (C=O) groups is 2. The zero-order chi connectivity index (χ0) is 12.8. The summed E-state index contributed by atoms with van der Waals surface area (Å²) in [6.45, 7) is 1.28.